The number of imide groups is 1. The van der Waals surface area contributed by atoms with Crippen LogP contribution >= 0.6 is 34.8 Å². The Balaban J connectivity index is 1.95. The number of anilines is 2. The van der Waals surface area contributed by atoms with Crippen molar-refractivity contribution in [3.05, 3.63) is 68.3 Å². The van der Waals surface area contributed by atoms with Crippen LogP contribution in [0.5, 0.6) is 0 Å². The Morgan fingerprint density at radius 1 is 0.880 bits per heavy atom. The first-order valence-electron chi connectivity index (χ1n) is 7.37. The molecular weight excluding hydrogens is 383 g/mol. The zero-order valence-electron chi connectivity index (χ0n) is 13.4. The standard InChI is InChI=1S/C18H13Cl3N2O2/c1-9-3-6-14(10(2)7-9)23-17(24)15(21)16(18(23)25)22-11-4-5-12(19)13(20)8-11/h3-8,22H,1-2H3. The zero-order valence-corrected chi connectivity index (χ0v) is 15.6. The fraction of sp³-hybridized carbons (Fsp3) is 0.111. The van der Waals surface area contributed by atoms with Gasteiger partial charge in [-0.3, -0.25) is 9.59 Å². The van der Waals surface area contributed by atoms with E-state index in [9.17, 15) is 9.59 Å². The topological polar surface area (TPSA) is 49.4 Å². The Morgan fingerprint density at radius 3 is 2.24 bits per heavy atom. The Bertz CT molecular complexity index is 938. The summed E-state index contributed by atoms with van der Waals surface area (Å²) in [5, 5.41) is 3.40. The number of carbonyl (C=O) groups excluding carboxylic acids is 2. The van der Waals surface area contributed by atoms with Crippen molar-refractivity contribution in [2.75, 3.05) is 10.2 Å². The number of halogens is 3. The van der Waals surface area contributed by atoms with Gasteiger partial charge in [0.1, 0.15) is 10.7 Å². The predicted octanol–water partition coefficient (Wildman–Crippen LogP) is 5.05. The quantitative estimate of drug-likeness (QED) is 0.740. The van der Waals surface area contributed by atoms with Gasteiger partial charge in [-0.2, -0.15) is 0 Å². The molecule has 0 spiro atoms. The highest BCUT2D eigenvalue weighted by molar-refractivity contribution is 6.53. The molecule has 0 aliphatic carbocycles. The van der Waals surface area contributed by atoms with Gasteiger partial charge in [-0.15, -0.1) is 0 Å². The number of nitrogens with zero attached hydrogens (tertiary/aromatic N) is 1. The summed E-state index contributed by atoms with van der Waals surface area (Å²) >= 11 is 18.0. The van der Waals surface area contributed by atoms with Crippen LogP contribution in [-0.2, 0) is 9.59 Å². The molecule has 2 amide bonds. The molecular formula is C18H13Cl3N2O2. The van der Waals surface area contributed by atoms with Gasteiger partial charge in [-0.05, 0) is 43.7 Å². The maximum Gasteiger partial charge on any atom is 0.283 e. The minimum Gasteiger partial charge on any atom is -0.350 e. The lowest BCUT2D eigenvalue weighted by molar-refractivity contribution is -0.120. The van der Waals surface area contributed by atoms with Crippen LogP contribution in [0, 0.1) is 13.8 Å². The van der Waals surface area contributed by atoms with Crippen molar-refractivity contribution in [3.8, 4) is 0 Å². The monoisotopic (exact) mass is 394 g/mol. The van der Waals surface area contributed by atoms with Crippen molar-refractivity contribution in [1.82, 2.24) is 0 Å². The number of rotatable bonds is 3. The van der Waals surface area contributed by atoms with Crippen molar-refractivity contribution in [3.63, 3.8) is 0 Å². The van der Waals surface area contributed by atoms with Gasteiger partial charge in [0.15, 0.2) is 0 Å². The van der Waals surface area contributed by atoms with Crippen LogP contribution in [0.3, 0.4) is 0 Å². The maximum atomic E-state index is 12.8. The van der Waals surface area contributed by atoms with Crippen molar-refractivity contribution in [2.24, 2.45) is 0 Å². The molecule has 3 rings (SSSR count). The van der Waals surface area contributed by atoms with Crippen molar-refractivity contribution >= 4 is 58.0 Å². The number of nitrogens with one attached hydrogen (secondary N) is 1. The van der Waals surface area contributed by atoms with Crippen LogP contribution in [0.2, 0.25) is 10.0 Å². The highest BCUT2D eigenvalue weighted by Crippen LogP contribution is 2.33. The molecule has 1 N–H and O–H groups in total. The van der Waals surface area contributed by atoms with Crippen LogP contribution in [0.4, 0.5) is 11.4 Å². The van der Waals surface area contributed by atoms with Gasteiger partial charge in [0.2, 0.25) is 0 Å². The van der Waals surface area contributed by atoms with E-state index in [0.717, 1.165) is 16.0 Å². The molecule has 0 saturated heterocycles. The Hall–Kier alpha value is -2.01. The largest absolute Gasteiger partial charge is 0.350 e. The van der Waals surface area contributed by atoms with E-state index >= 15 is 0 Å². The molecule has 1 heterocycles. The molecule has 2 aromatic rings. The molecule has 4 nitrogen and oxygen atoms in total. The van der Waals surface area contributed by atoms with Crippen molar-refractivity contribution < 1.29 is 9.59 Å². The molecule has 25 heavy (non-hydrogen) atoms. The number of benzene rings is 2. The van der Waals surface area contributed by atoms with Gasteiger partial charge in [-0.25, -0.2) is 4.90 Å². The van der Waals surface area contributed by atoms with Crippen LogP contribution in [-0.4, -0.2) is 11.8 Å². The summed E-state index contributed by atoms with van der Waals surface area (Å²) in [6.45, 7) is 3.77. The SMILES string of the molecule is Cc1ccc(N2C(=O)C(Cl)=C(Nc3ccc(Cl)c(Cl)c3)C2=O)c(C)c1. The molecule has 1 aliphatic rings. The van der Waals surface area contributed by atoms with Gasteiger partial charge in [0.25, 0.3) is 11.8 Å². The summed E-state index contributed by atoms with van der Waals surface area (Å²) in [7, 11) is 0. The van der Waals surface area contributed by atoms with E-state index in [0.29, 0.717) is 21.4 Å². The molecule has 0 bridgehead atoms. The zero-order chi connectivity index (χ0) is 18.3. The minimum atomic E-state index is -0.568. The van der Waals surface area contributed by atoms with Gasteiger partial charge in [-0.1, -0.05) is 52.5 Å². The van der Waals surface area contributed by atoms with Gasteiger partial charge < -0.3 is 5.32 Å². The summed E-state index contributed by atoms with van der Waals surface area (Å²) in [5.41, 5.74) is 2.86. The second-order valence-electron chi connectivity index (χ2n) is 5.68. The van der Waals surface area contributed by atoms with E-state index in [1.54, 1.807) is 24.3 Å². The molecule has 2 aromatic carbocycles. The molecule has 0 aromatic heterocycles. The lowest BCUT2D eigenvalue weighted by atomic mass is 10.1. The van der Waals surface area contributed by atoms with Gasteiger partial charge in [0, 0.05) is 5.69 Å². The van der Waals surface area contributed by atoms with E-state index < -0.39 is 11.8 Å². The van der Waals surface area contributed by atoms with Crippen molar-refractivity contribution in [1.29, 1.82) is 0 Å². The lowest BCUT2D eigenvalue weighted by Gasteiger charge is -2.18. The van der Waals surface area contributed by atoms with Crippen LogP contribution in [0.1, 0.15) is 11.1 Å². The number of hydrogen-bond donors (Lipinski definition) is 1. The van der Waals surface area contributed by atoms with E-state index in [1.807, 2.05) is 26.0 Å². The molecule has 0 atom stereocenters. The average Bonchev–Trinajstić information content (AvgIpc) is 2.75. The molecule has 0 radical (unpaired) electrons. The second-order valence-corrected chi connectivity index (χ2v) is 6.87. The first kappa shape index (κ1) is 17.8. The van der Waals surface area contributed by atoms with E-state index in [-0.39, 0.29) is 10.7 Å². The van der Waals surface area contributed by atoms with Gasteiger partial charge >= 0.3 is 0 Å². The van der Waals surface area contributed by atoms with Crippen molar-refractivity contribution in [2.45, 2.75) is 13.8 Å². The summed E-state index contributed by atoms with van der Waals surface area (Å²) in [6.07, 6.45) is 0. The second kappa shape index (κ2) is 6.71. The van der Waals surface area contributed by atoms with E-state index in [1.165, 1.54) is 0 Å². The maximum absolute atomic E-state index is 12.8. The summed E-state index contributed by atoms with van der Waals surface area (Å²) < 4.78 is 0. The van der Waals surface area contributed by atoms with Crippen LogP contribution in [0.25, 0.3) is 0 Å². The average molecular weight is 396 g/mol. The van der Waals surface area contributed by atoms with Crippen LogP contribution in [0.15, 0.2) is 47.1 Å². The minimum absolute atomic E-state index is 0.00466. The first-order valence-corrected chi connectivity index (χ1v) is 8.51. The third-order valence-corrected chi connectivity index (χ3v) is 4.90. The Labute approximate surface area is 160 Å². The normalized spacial score (nSPS) is 14.5. The number of hydrogen-bond acceptors (Lipinski definition) is 3. The Kier molecular flexibility index (Phi) is 4.78. The third-order valence-electron chi connectivity index (χ3n) is 3.81. The predicted molar refractivity (Wildman–Crippen MR) is 101 cm³/mol. The fourth-order valence-electron chi connectivity index (χ4n) is 2.60. The van der Waals surface area contributed by atoms with Gasteiger partial charge in [0.05, 0.1) is 15.7 Å². The molecule has 0 saturated carbocycles. The lowest BCUT2D eigenvalue weighted by Crippen LogP contribution is -2.32. The van der Waals surface area contributed by atoms with E-state index in [4.69, 9.17) is 34.8 Å². The summed E-state index contributed by atoms with van der Waals surface area (Å²) in [5.74, 6) is -1.09. The summed E-state index contributed by atoms with van der Waals surface area (Å²) in [4.78, 5) is 26.3. The molecule has 1 aliphatic heterocycles. The number of amides is 2. The molecule has 0 fully saturated rings. The number of aryl methyl sites for hydroxylation is 2. The fourth-order valence-corrected chi connectivity index (χ4v) is 3.12. The highest BCUT2D eigenvalue weighted by Gasteiger charge is 2.39. The molecule has 0 unspecified atom stereocenters. The highest BCUT2D eigenvalue weighted by atomic mass is 35.5. The molecule has 7 heteroatoms. The third kappa shape index (κ3) is 3.25. The van der Waals surface area contributed by atoms with E-state index in [2.05, 4.69) is 5.32 Å². The van der Waals surface area contributed by atoms with Crippen LogP contribution < -0.4 is 10.2 Å². The first-order chi connectivity index (χ1) is 11.8. The summed E-state index contributed by atoms with van der Waals surface area (Å²) in [6, 6.07) is 10.2. The number of carbonyl (C=O) groups is 2. The smallest absolute Gasteiger partial charge is 0.283 e. The molecule has 128 valence electrons. The Morgan fingerprint density at radius 2 is 1.60 bits per heavy atom.